The largest absolute Gasteiger partial charge is 0.548 e. The maximum Gasteiger partial charge on any atom is 0.323 e. The van der Waals surface area contributed by atoms with Crippen molar-refractivity contribution in [3.05, 3.63) is 24.3 Å². The first-order valence-electron chi connectivity index (χ1n) is 9.10. The Kier molecular flexibility index (Phi) is 6.61. The number of nitrogens with one attached hydrogen (secondary N) is 3. The Hall–Kier alpha value is -3.10. The molecular formula is C19H25N4O5-. The summed E-state index contributed by atoms with van der Waals surface area (Å²) in [5, 5.41) is 18.2. The van der Waals surface area contributed by atoms with Gasteiger partial charge >= 0.3 is 6.03 Å². The maximum atomic E-state index is 13.1. The smallest absolute Gasteiger partial charge is 0.323 e. The van der Waals surface area contributed by atoms with Crippen LogP contribution in [0.15, 0.2) is 24.3 Å². The van der Waals surface area contributed by atoms with Crippen molar-refractivity contribution in [2.24, 2.45) is 11.8 Å². The molecule has 1 heterocycles. The molecule has 0 fully saturated rings. The predicted octanol–water partition coefficient (Wildman–Crippen LogP) is 0.0700. The molecule has 0 aliphatic carbocycles. The molecule has 152 valence electrons. The number of hydrogen-bond donors (Lipinski definition) is 3. The molecule has 1 aromatic carbocycles. The molecule has 1 aromatic rings. The van der Waals surface area contributed by atoms with Crippen LogP contribution in [0.2, 0.25) is 0 Å². The number of carbonyl (C=O) groups excluding carboxylic acids is 4. The van der Waals surface area contributed by atoms with Crippen molar-refractivity contribution < 1.29 is 24.3 Å². The monoisotopic (exact) mass is 389 g/mol. The molecule has 3 N–H and O–H groups in total. The van der Waals surface area contributed by atoms with E-state index >= 15 is 0 Å². The Morgan fingerprint density at radius 2 is 1.82 bits per heavy atom. The van der Waals surface area contributed by atoms with E-state index in [1.165, 1.54) is 4.90 Å². The number of urea groups is 1. The first kappa shape index (κ1) is 21.2. The van der Waals surface area contributed by atoms with Gasteiger partial charge in [-0.3, -0.25) is 14.5 Å². The van der Waals surface area contributed by atoms with Crippen molar-refractivity contribution >= 4 is 35.2 Å². The Morgan fingerprint density at radius 1 is 1.18 bits per heavy atom. The number of para-hydroxylation sites is 2. The van der Waals surface area contributed by atoms with E-state index in [1.807, 2.05) is 13.8 Å². The molecule has 1 aliphatic rings. The zero-order valence-electron chi connectivity index (χ0n) is 16.3. The van der Waals surface area contributed by atoms with Crippen molar-refractivity contribution in [2.45, 2.75) is 39.8 Å². The Balaban J connectivity index is 2.31. The fourth-order valence-corrected chi connectivity index (χ4v) is 3.11. The summed E-state index contributed by atoms with van der Waals surface area (Å²) in [7, 11) is 0. The van der Waals surface area contributed by atoms with E-state index in [2.05, 4.69) is 16.0 Å². The quantitative estimate of drug-likeness (QED) is 0.634. The molecule has 0 radical (unpaired) electrons. The lowest BCUT2D eigenvalue weighted by Crippen LogP contribution is -2.60. The molecular weight excluding hydrogens is 364 g/mol. The van der Waals surface area contributed by atoms with Gasteiger partial charge in [0.2, 0.25) is 11.8 Å². The van der Waals surface area contributed by atoms with Crippen LogP contribution in [0, 0.1) is 11.8 Å². The second-order valence-electron chi connectivity index (χ2n) is 7.33. The zero-order valence-corrected chi connectivity index (χ0v) is 16.3. The average molecular weight is 389 g/mol. The summed E-state index contributed by atoms with van der Waals surface area (Å²) < 4.78 is 0. The van der Waals surface area contributed by atoms with Crippen molar-refractivity contribution in [2.75, 3.05) is 16.8 Å². The van der Waals surface area contributed by atoms with Crippen LogP contribution in [0.4, 0.5) is 16.2 Å². The molecule has 9 heteroatoms. The highest BCUT2D eigenvalue weighted by Crippen LogP contribution is 2.34. The van der Waals surface area contributed by atoms with Gasteiger partial charge in [-0.2, -0.15) is 0 Å². The minimum Gasteiger partial charge on any atom is -0.548 e. The third-order valence-corrected chi connectivity index (χ3v) is 4.45. The van der Waals surface area contributed by atoms with Gasteiger partial charge in [0.15, 0.2) is 0 Å². The summed E-state index contributed by atoms with van der Waals surface area (Å²) >= 11 is 0. The lowest BCUT2D eigenvalue weighted by Gasteiger charge is -2.39. The molecule has 0 unspecified atom stereocenters. The first-order valence-corrected chi connectivity index (χ1v) is 9.10. The van der Waals surface area contributed by atoms with Gasteiger partial charge in [0.1, 0.15) is 12.1 Å². The van der Waals surface area contributed by atoms with Gasteiger partial charge in [-0.05, 0) is 24.0 Å². The van der Waals surface area contributed by atoms with Gasteiger partial charge in [0.05, 0.1) is 23.9 Å². The van der Waals surface area contributed by atoms with Crippen LogP contribution < -0.4 is 26.0 Å². The zero-order chi connectivity index (χ0) is 21.0. The van der Waals surface area contributed by atoms with Gasteiger partial charge in [0, 0.05) is 0 Å². The van der Waals surface area contributed by atoms with Crippen LogP contribution in [0.1, 0.15) is 27.7 Å². The molecule has 2 rings (SSSR count). The summed E-state index contributed by atoms with van der Waals surface area (Å²) in [5.41, 5.74) is 1.03. The first-order chi connectivity index (χ1) is 13.1. The van der Waals surface area contributed by atoms with Crippen LogP contribution in [0.3, 0.4) is 0 Å². The summed E-state index contributed by atoms with van der Waals surface area (Å²) in [5.74, 6) is -2.86. The summed E-state index contributed by atoms with van der Waals surface area (Å²) in [6.07, 6.45) is 0. The fraction of sp³-hybridized carbons (Fsp3) is 0.474. The van der Waals surface area contributed by atoms with E-state index in [0.29, 0.717) is 11.4 Å². The highest BCUT2D eigenvalue weighted by Gasteiger charge is 2.40. The number of rotatable bonds is 6. The summed E-state index contributed by atoms with van der Waals surface area (Å²) in [6.45, 7) is 6.44. The average Bonchev–Trinajstić information content (AvgIpc) is 2.62. The topological polar surface area (TPSA) is 131 Å². The second kappa shape index (κ2) is 8.73. The second-order valence-corrected chi connectivity index (χ2v) is 7.33. The number of benzene rings is 1. The molecule has 2 atom stereocenters. The fourth-order valence-electron chi connectivity index (χ4n) is 3.11. The van der Waals surface area contributed by atoms with E-state index in [1.54, 1.807) is 38.1 Å². The highest BCUT2D eigenvalue weighted by molar-refractivity contribution is 6.12. The Morgan fingerprint density at radius 3 is 2.39 bits per heavy atom. The van der Waals surface area contributed by atoms with E-state index in [-0.39, 0.29) is 17.7 Å². The van der Waals surface area contributed by atoms with Crippen LogP contribution in [-0.4, -0.2) is 42.4 Å². The van der Waals surface area contributed by atoms with Gasteiger partial charge in [-0.15, -0.1) is 0 Å². The lowest BCUT2D eigenvalue weighted by atomic mass is 9.97. The molecule has 0 saturated heterocycles. The Bertz CT molecular complexity index is 777. The van der Waals surface area contributed by atoms with Gasteiger partial charge < -0.3 is 25.9 Å². The normalized spacial score (nSPS) is 17.0. The summed E-state index contributed by atoms with van der Waals surface area (Å²) in [4.78, 5) is 49.9. The standard InChI is InChI=1S/C19H26N4O5/c1-10(2)15(17(26)20-9-14(24)25)22-19(28)23-13-8-6-5-7-12(13)21-18(27)16(23)11(3)4/h5-8,10-11,15-16H,9H2,1-4H3,(H,20,26)(H,21,27)(H,22,28)(H,24,25)/p-1/t15-,16-/m0/s1. The van der Waals surface area contributed by atoms with Gasteiger partial charge in [-0.25, -0.2) is 4.79 Å². The molecule has 28 heavy (non-hydrogen) atoms. The van der Waals surface area contributed by atoms with Gasteiger partial charge in [-0.1, -0.05) is 39.8 Å². The number of hydrogen-bond acceptors (Lipinski definition) is 5. The summed E-state index contributed by atoms with van der Waals surface area (Å²) in [6, 6.07) is 4.56. The molecule has 9 nitrogen and oxygen atoms in total. The van der Waals surface area contributed by atoms with E-state index in [9.17, 15) is 24.3 Å². The van der Waals surface area contributed by atoms with Crippen molar-refractivity contribution in [3.8, 4) is 0 Å². The van der Waals surface area contributed by atoms with Crippen molar-refractivity contribution in [3.63, 3.8) is 0 Å². The molecule has 0 aromatic heterocycles. The number of fused-ring (bicyclic) bond motifs is 1. The number of carboxylic acids is 1. The minimum absolute atomic E-state index is 0.177. The number of anilines is 2. The highest BCUT2D eigenvalue weighted by atomic mass is 16.4. The van der Waals surface area contributed by atoms with Crippen LogP contribution in [-0.2, 0) is 14.4 Å². The van der Waals surface area contributed by atoms with Crippen LogP contribution in [0.25, 0.3) is 0 Å². The number of carboxylic acid groups (broad SMARTS) is 1. The Labute approximate surface area is 163 Å². The molecule has 0 spiro atoms. The number of amides is 4. The molecule has 0 saturated carbocycles. The van der Waals surface area contributed by atoms with E-state index < -0.39 is 36.5 Å². The minimum atomic E-state index is -1.43. The molecule has 1 aliphatic heterocycles. The van der Waals surface area contributed by atoms with E-state index in [0.717, 1.165) is 0 Å². The number of nitrogens with zero attached hydrogens (tertiary/aromatic N) is 1. The van der Waals surface area contributed by atoms with E-state index in [4.69, 9.17) is 0 Å². The molecule has 4 amide bonds. The SMILES string of the molecule is CC(C)[C@H](NC(=O)N1c2ccccc2NC(=O)[C@@H]1C(C)C)C(=O)NCC(=O)[O-]. The lowest BCUT2D eigenvalue weighted by molar-refractivity contribution is -0.304. The number of carbonyl (C=O) groups is 4. The third kappa shape index (κ3) is 4.59. The third-order valence-electron chi connectivity index (χ3n) is 4.45. The van der Waals surface area contributed by atoms with Crippen molar-refractivity contribution in [1.29, 1.82) is 0 Å². The number of aliphatic carboxylic acids is 1. The molecule has 0 bridgehead atoms. The van der Waals surface area contributed by atoms with Gasteiger partial charge in [0.25, 0.3) is 0 Å². The van der Waals surface area contributed by atoms with Crippen LogP contribution >= 0.6 is 0 Å². The van der Waals surface area contributed by atoms with Crippen molar-refractivity contribution in [1.82, 2.24) is 10.6 Å². The predicted molar refractivity (Wildman–Crippen MR) is 101 cm³/mol. The maximum absolute atomic E-state index is 13.1. The van der Waals surface area contributed by atoms with Crippen LogP contribution in [0.5, 0.6) is 0 Å².